The molecular weight excluding hydrogens is 660 g/mol. The van der Waals surface area contributed by atoms with E-state index < -0.39 is 0 Å². The standard InChI is InChI=1S/C38H52N10O4/c1-49-31-16-27-29(18-33(31)51-3)44-38(46-36(27)42-26-9-7-12-40-21-26)48-15-10-24(22-48)23-52-34-19-30-28(17-32(34)50-2)35(41-25-8-6-11-39-20-25)45-37(43-30)47-13-4-5-14-47/h16-19,24-26,39-40H,4-15,20-23H2,1-3H3,(H,41,43,45)(H,42,44,46)/t24?,25-,26+/m1/s1. The number of hydrogen-bond donors (Lipinski definition) is 4. The summed E-state index contributed by atoms with van der Waals surface area (Å²) in [4.78, 5) is 24.8. The maximum Gasteiger partial charge on any atom is 0.227 e. The van der Waals surface area contributed by atoms with Gasteiger partial charge in [0.05, 0.1) is 39.0 Å². The fourth-order valence-electron chi connectivity index (χ4n) is 7.95. The van der Waals surface area contributed by atoms with Crippen LogP contribution in [0.5, 0.6) is 23.0 Å². The van der Waals surface area contributed by atoms with E-state index in [0.29, 0.717) is 41.6 Å². The lowest BCUT2D eigenvalue weighted by molar-refractivity contribution is 0.249. The first-order valence-corrected chi connectivity index (χ1v) is 19.0. The Kier molecular flexibility index (Phi) is 10.3. The van der Waals surface area contributed by atoms with E-state index in [4.69, 9.17) is 38.9 Å². The summed E-state index contributed by atoms with van der Waals surface area (Å²) in [5.74, 6) is 6.12. The Labute approximate surface area is 305 Å². The average Bonchev–Trinajstić information content (AvgIpc) is 3.91. The Balaban J connectivity index is 1.02. The van der Waals surface area contributed by atoms with Gasteiger partial charge in [0.2, 0.25) is 11.9 Å². The summed E-state index contributed by atoms with van der Waals surface area (Å²) in [5.41, 5.74) is 1.68. The van der Waals surface area contributed by atoms with Crippen molar-refractivity contribution in [1.29, 1.82) is 0 Å². The molecule has 0 spiro atoms. The molecule has 1 unspecified atom stereocenters. The second kappa shape index (κ2) is 15.6. The highest BCUT2D eigenvalue weighted by molar-refractivity contribution is 5.94. The SMILES string of the molecule is COc1cc2nc(N3CCC(COc4cc5nc(N6CCCC6)nc(N[C@@H]6CCCNC6)c5cc4OC)C3)nc(N[C@H]3CCCNC3)c2cc1OC. The van der Waals surface area contributed by atoms with Crippen LogP contribution < -0.4 is 50.0 Å². The van der Waals surface area contributed by atoms with E-state index in [1.807, 2.05) is 24.3 Å². The van der Waals surface area contributed by atoms with Crippen LogP contribution in [-0.2, 0) is 0 Å². The monoisotopic (exact) mass is 712 g/mol. The Morgan fingerprint density at radius 3 is 1.73 bits per heavy atom. The van der Waals surface area contributed by atoms with E-state index in [2.05, 4.69) is 31.1 Å². The zero-order valence-electron chi connectivity index (χ0n) is 30.7. The number of rotatable bonds is 12. The molecule has 14 nitrogen and oxygen atoms in total. The van der Waals surface area contributed by atoms with Crippen molar-refractivity contribution in [2.45, 2.75) is 57.0 Å². The molecule has 4 N–H and O–H groups in total. The molecule has 4 aliphatic rings. The van der Waals surface area contributed by atoms with Crippen LogP contribution in [-0.4, -0.2) is 112 Å². The molecule has 4 aromatic rings. The fraction of sp³-hybridized carbons (Fsp3) is 0.579. The largest absolute Gasteiger partial charge is 0.493 e. The van der Waals surface area contributed by atoms with E-state index in [1.54, 1.807) is 21.3 Å². The van der Waals surface area contributed by atoms with Gasteiger partial charge >= 0.3 is 0 Å². The van der Waals surface area contributed by atoms with E-state index in [-0.39, 0.29) is 12.0 Å². The normalized spacial score (nSPS) is 22.2. The summed E-state index contributed by atoms with van der Waals surface area (Å²) < 4.78 is 23.7. The Morgan fingerprint density at radius 1 is 0.635 bits per heavy atom. The lowest BCUT2D eigenvalue weighted by Crippen LogP contribution is -2.38. The van der Waals surface area contributed by atoms with Crippen LogP contribution in [0.25, 0.3) is 21.8 Å². The molecule has 0 bridgehead atoms. The van der Waals surface area contributed by atoms with Gasteiger partial charge in [0, 0.05) is 80.2 Å². The first kappa shape index (κ1) is 34.5. The quantitative estimate of drug-likeness (QED) is 0.164. The van der Waals surface area contributed by atoms with Gasteiger partial charge in [-0.1, -0.05) is 0 Å². The van der Waals surface area contributed by atoms with Crippen molar-refractivity contribution in [2.24, 2.45) is 5.92 Å². The highest BCUT2D eigenvalue weighted by Crippen LogP contribution is 2.38. The van der Waals surface area contributed by atoms with Gasteiger partial charge in [-0.25, -0.2) is 9.97 Å². The van der Waals surface area contributed by atoms with Gasteiger partial charge < -0.3 is 50.0 Å². The van der Waals surface area contributed by atoms with Crippen LogP contribution in [0, 0.1) is 5.92 Å². The first-order chi connectivity index (χ1) is 25.6. The van der Waals surface area contributed by atoms with Crippen LogP contribution in [0.3, 0.4) is 0 Å². The summed E-state index contributed by atoms with van der Waals surface area (Å²) in [6, 6.07) is 8.58. The van der Waals surface area contributed by atoms with Crippen LogP contribution in [0.4, 0.5) is 23.5 Å². The van der Waals surface area contributed by atoms with Crippen molar-refractivity contribution in [3.05, 3.63) is 24.3 Å². The topological polar surface area (TPSA) is 143 Å². The van der Waals surface area contributed by atoms with Crippen LogP contribution in [0.1, 0.15) is 44.9 Å². The number of fused-ring (bicyclic) bond motifs is 2. The molecule has 0 aliphatic carbocycles. The summed E-state index contributed by atoms with van der Waals surface area (Å²) in [6.45, 7) is 8.04. The van der Waals surface area contributed by atoms with Gasteiger partial charge in [-0.15, -0.1) is 0 Å². The van der Waals surface area contributed by atoms with Crippen molar-refractivity contribution in [2.75, 3.05) is 101 Å². The number of aromatic nitrogens is 4. The number of piperidine rings is 2. The summed E-state index contributed by atoms with van der Waals surface area (Å²) in [5, 5.41) is 16.3. The summed E-state index contributed by atoms with van der Waals surface area (Å²) in [6.07, 6.45) is 7.75. The maximum absolute atomic E-state index is 6.56. The molecule has 278 valence electrons. The second-order valence-electron chi connectivity index (χ2n) is 14.5. The number of ether oxygens (including phenoxy) is 4. The van der Waals surface area contributed by atoms with E-state index >= 15 is 0 Å². The lowest BCUT2D eigenvalue weighted by atomic mass is 10.1. The molecule has 14 heteroatoms. The number of benzene rings is 2. The molecule has 0 saturated carbocycles. The minimum Gasteiger partial charge on any atom is -0.493 e. The smallest absolute Gasteiger partial charge is 0.227 e. The van der Waals surface area contributed by atoms with E-state index in [1.165, 1.54) is 0 Å². The Morgan fingerprint density at radius 2 is 1.17 bits per heavy atom. The number of nitrogens with zero attached hydrogens (tertiary/aromatic N) is 6. The van der Waals surface area contributed by atoms with Crippen molar-refractivity contribution in [1.82, 2.24) is 30.6 Å². The first-order valence-electron chi connectivity index (χ1n) is 19.0. The molecule has 6 heterocycles. The number of anilines is 4. The van der Waals surface area contributed by atoms with E-state index in [9.17, 15) is 0 Å². The molecule has 8 rings (SSSR count). The highest BCUT2D eigenvalue weighted by atomic mass is 16.5. The summed E-state index contributed by atoms with van der Waals surface area (Å²) >= 11 is 0. The third-order valence-electron chi connectivity index (χ3n) is 10.9. The molecule has 3 atom stereocenters. The van der Waals surface area contributed by atoms with Gasteiger partial charge in [-0.3, -0.25) is 0 Å². The molecule has 4 aliphatic heterocycles. The predicted molar refractivity (Wildman–Crippen MR) is 205 cm³/mol. The van der Waals surface area contributed by atoms with Gasteiger partial charge in [-0.2, -0.15) is 9.97 Å². The molecule has 52 heavy (non-hydrogen) atoms. The molecule has 0 radical (unpaired) electrons. The van der Waals surface area contributed by atoms with Gasteiger partial charge in [0.25, 0.3) is 0 Å². The minimum absolute atomic E-state index is 0.283. The van der Waals surface area contributed by atoms with Crippen molar-refractivity contribution < 1.29 is 18.9 Å². The Hall–Kier alpha value is -4.56. The fourth-order valence-corrected chi connectivity index (χ4v) is 7.95. The zero-order chi connectivity index (χ0) is 35.4. The third kappa shape index (κ3) is 7.36. The molecule has 0 amide bonds. The van der Waals surface area contributed by atoms with Crippen LogP contribution >= 0.6 is 0 Å². The minimum atomic E-state index is 0.283. The number of hydrogen-bond acceptors (Lipinski definition) is 14. The average molecular weight is 713 g/mol. The molecule has 4 fully saturated rings. The lowest BCUT2D eigenvalue weighted by Gasteiger charge is -2.26. The van der Waals surface area contributed by atoms with Gasteiger partial charge in [0.1, 0.15) is 11.6 Å². The van der Waals surface area contributed by atoms with Gasteiger partial charge in [0.15, 0.2) is 23.0 Å². The number of nitrogens with one attached hydrogen (secondary N) is 4. The van der Waals surface area contributed by atoms with E-state index in [0.717, 1.165) is 137 Å². The summed E-state index contributed by atoms with van der Waals surface area (Å²) in [7, 11) is 5.00. The third-order valence-corrected chi connectivity index (χ3v) is 10.9. The molecular formula is C38H52N10O4. The van der Waals surface area contributed by atoms with Crippen molar-refractivity contribution in [3.63, 3.8) is 0 Å². The van der Waals surface area contributed by atoms with Crippen LogP contribution in [0.2, 0.25) is 0 Å². The molecule has 2 aromatic heterocycles. The van der Waals surface area contributed by atoms with Crippen LogP contribution in [0.15, 0.2) is 24.3 Å². The zero-order valence-corrected chi connectivity index (χ0v) is 30.7. The Bertz CT molecular complexity index is 1860. The number of methoxy groups -OCH3 is 3. The highest BCUT2D eigenvalue weighted by Gasteiger charge is 2.28. The predicted octanol–water partition coefficient (Wildman–Crippen LogP) is 4.43. The van der Waals surface area contributed by atoms with Gasteiger partial charge in [-0.05, 0) is 70.2 Å². The second-order valence-corrected chi connectivity index (χ2v) is 14.5. The molecule has 2 aromatic carbocycles. The molecule has 4 saturated heterocycles. The van der Waals surface area contributed by atoms with Crippen molar-refractivity contribution in [3.8, 4) is 23.0 Å². The maximum atomic E-state index is 6.56. The van der Waals surface area contributed by atoms with Crippen molar-refractivity contribution >= 4 is 45.3 Å².